The fourth-order valence-corrected chi connectivity index (χ4v) is 6.15. The summed E-state index contributed by atoms with van der Waals surface area (Å²) in [5, 5.41) is 9.91. The molecule has 0 aliphatic carbocycles. The summed E-state index contributed by atoms with van der Waals surface area (Å²) >= 11 is 0. The van der Waals surface area contributed by atoms with Crippen molar-refractivity contribution in [3.8, 4) is 11.5 Å². The Morgan fingerprint density at radius 3 is 2.75 bits per heavy atom. The molecule has 2 N–H and O–H groups in total. The van der Waals surface area contributed by atoms with Crippen molar-refractivity contribution >= 4 is 34.6 Å². The number of para-hydroxylation sites is 1. The van der Waals surface area contributed by atoms with Gasteiger partial charge in [-0.1, -0.05) is 6.07 Å². The van der Waals surface area contributed by atoms with Gasteiger partial charge in [-0.15, -0.1) is 0 Å². The average molecular weight is 536 g/mol. The second-order valence-electron chi connectivity index (χ2n) is 11.3. The van der Waals surface area contributed by atoms with Gasteiger partial charge in [-0.3, -0.25) is 15.1 Å². The first-order valence-electron chi connectivity index (χ1n) is 14.6. The van der Waals surface area contributed by atoms with Gasteiger partial charge in [0.2, 0.25) is 0 Å². The zero-order valence-corrected chi connectivity index (χ0v) is 23.2. The molecule has 0 bridgehead atoms. The fourth-order valence-electron chi connectivity index (χ4n) is 6.15. The number of rotatable bonds is 7. The Labute approximate surface area is 234 Å². The van der Waals surface area contributed by atoms with Crippen molar-refractivity contribution in [1.82, 2.24) is 34.9 Å². The Balaban J connectivity index is 1.18. The third-order valence-electron chi connectivity index (χ3n) is 8.46. The second kappa shape index (κ2) is 11.0. The maximum Gasteiger partial charge on any atom is 0.159 e. The Kier molecular flexibility index (Phi) is 6.91. The first kappa shape index (κ1) is 25.2. The molecule has 2 saturated heterocycles. The molecule has 0 atom stereocenters. The van der Waals surface area contributed by atoms with Gasteiger partial charge in [0.25, 0.3) is 0 Å². The van der Waals surface area contributed by atoms with E-state index in [1.165, 1.54) is 43.7 Å². The topological polar surface area (TPSA) is 92.3 Å². The van der Waals surface area contributed by atoms with Gasteiger partial charge < -0.3 is 19.7 Å². The average Bonchev–Trinajstić information content (AvgIpc) is 3.71. The zero-order chi connectivity index (χ0) is 26.9. The molecule has 9 heteroatoms. The molecule has 0 radical (unpaired) electrons. The molecule has 7 rings (SSSR count). The summed E-state index contributed by atoms with van der Waals surface area (Å²) in [7, 11) is 2.18. The van der Waals surface area contributed by atoms with Crippen LogP contribution in [-0.4, -0.2) is 100 Å². The lowest BCUT2D eigenvalue weighted by Crippen LogP contribution is -2.44. The number of anilines is 1. The fraction of sp³-hybridized carbons (Fsp3) is 0.419. The predicted molar refractivity (Wildman–Crippen MR) is 161 cm³/mol. The van der Waals surface area contributed by atoms with Gasteiger partial charge in [-0.2, -0.15) is 5.10 Å². The number of likely N-dealkylation sites (N-methyl/N-ethyl adjacent to an activating group) is 1. The van der Waals surface area contributed by atoms with Gasteiger partial charge in [-0.05, 0) is 88.3 Å². The number of hydrogen-bond acceptors (Lipinski definition) is 7. The van der Waals surface area contributed by atoms with Crippen LogP contribution in [0.4, 0.5) is 5.69 Å². The highest BCUT2D eigenvalue weighted by Gasteiger charge is 2.20. The third-order valence-corrected chi connectivity index (χ3v) is 8.46. The summed E-state index contributed by atoms with van der Waals surface area (Å²) in [5.74, 6) is 0.772. The van der Waals surface area contributed by atoms with Gasteiger partial charge in [0.05, 0.1) is 28.8 Å². The molecule has 3 aromatic heterocycles. The third kappa shape index (κ3) is 5.07. The Morgan fingerprint density at radius 1 is 1.00 bits per heavy atom. The molecule has 0 spiro atoms. The van der Waals surface area contributed by atoms with Crippen molar-refractivity contribution in [2.24, 2.45) is 4.99 Å². The number of imidazole rings is 1. The molecule has 40 heavy (non-hydrogen) atoms. The van der Waals surface area contributed by atoms with Crippen LogP contribution in [0.2, 0.25) is 0 Å². The molecule has 2 fully saturated rings. The van der Waals surface area contributed by atoms with E-state index in [0.29, 0.717) is 6.54 Å². The number of aryl methyl sites for hydroxylation is 1. The van der Waals surface area contributed by atoms with Crippen molar-refractivity contribution in [2.45, 2.75) is 25.7 Å². The van der Waals surface area contributed by atoms with E-state index in [-0.39, 0.29) is 0 Å². The molecule has 0 amide bonds. The monoisotopic (exact) mass is 535 g/mol. The minimum absolute atomic E-state index is 0.591. The maximum atomic E-state index is 5.08. The first-order valence-corrected chi connectivity index (χ1v) is 14.6. The van der Waals surface area contributed by atoms with Crippen molar-refractivity contribution in [2.75, 3.05) is 64.3 Å². The Hall–Kier alpha value is -3.82. The van der Waals surface area contributed by atoms with Crippen LogP contribution in [-0.2, 0) is 6.42 Å². The highest BCUT2D eigenvalue weighted by atomic mass is 15.3. The number of pyridine rings is 1. The van der Waals surface area contributed by atoms with Crippen molar-refractivity contribution in [1.29, 1.82) is 0 Å². The van der Waals surface area contributed by atoms with Crippen LogP contribution >= 0.6 is 0 Å². The summed E-state index contributed by atoms with van der Waals surface area (Å²) in [6, 6.07) is 8.64. The van der Waals surface area contributed by atoms with Crippen molar-refractivity contribution in [3.05, 3.63) is 58.4 Å². The van der Waals surface area contributed by atoms with E-state index in [0.717, 1.165) is 83.4 Å². The van der Waals surface area contributed by atoms with E-state index in [1.54, 1.807) is 0 Å². The summed E-state index contributed by atoms with van der Waals surface area (Å²) < 4.78 is 0. The van der Waals surface area contributed by atoms with Crippen molar-refractivity contribution < 1.29 is 0 Å². The summed E-state index contributed by atoms with van der Waals surface area (Å²) in [6.45, 7) is 8.38. The van der Waals surface area contributed by atoms with Crippen LogP contribution in [0.15, 0.2) is 41.7 Å². The summed E-state index contributed by atoms with van der Waals surface area (Å²) in [5.41, 5.74) is 7.27. The number of nitrogens with one attached hydrogen (secondary N) is 2. The lowest BCUT2D eigenvalue weighted by molar-refractivity contribution is 0.313. The van der Waals surface area contributed by atoms with Gasteiger partial charge in [0.1, 0.15) is 11.2 Å². The lowest BCUT2D eigenvalue weighted by atomic mass is 10.1. The number of aromatic amines is 2. The largest absolute Gasteiger partial charge is 0.367 e. The number of piperazine rings is 1. The van der Waals surface area contributed by atoms with E-state index >= 15 is 0 Å². The van der Waals surface area contributed by atoms with E-state index in [1.807, 2.05) is 12.4 Å². The number of aliphatic imine (C=N–C) groups is 1. The number of fused-ring (bicyclic) bond motifs is 2. The van der Waals surface area contributed by atoms with Crippen LogP contribution in [0.5, 0.6) is 0 Å². The molecule has 0 saturated carbocycles. The first-order chi connectivity index (χ1) is 19.7. The normalized spacial score (nSPS) is 18.3. The molecule has 0 unspecified atom stereocenters. The van der Waals surface area contributed by atoms with Gasteiger partial charge in [0, 0.05) is 49.4 Å². The number of aromatic nitrogens is 5. The van der Waals surface area contributed by atoms with Crippen LogP contribution in [0.1, 0.15) is 30.4 Å². The number of nitrogens with zero attached hydrogens (tertiary/aromatic N) is 7. The molecular formula is C31H37N9. The maximum absolute atomic E-state index is 5.08. The zero-order valence-electron chi connectivity index (χ0n) is 23.2. The standard InChI is InChI=1S/C31H37N9/c1-38-14-16-40(17-15-38)28-8-4-7-26-30(28)35-31(34-26)29-24-19-27(33-10-9-25(24)36-37-29)23-18-22(20-32-21-23)6-5-13-39-11-2-3-12-39/h4,7-9,18-21,36H,2-3,5-6,10-17H2,1H3,(H,34,35). The van der Waals surface area contributed by atoms with Gasteiger partial charge >= 0.3 is 0 Å². The molecule has 3 aliphatic rings. The SMILES string of the molecule is CN1CCN(c2cccc3[nH]c(-c4n[nH]c5c4=CC(c4cncc(CCCN6CCCC6)c4)=NCC=5)nc23)CC1. The number of hydrogen-bond donors (Lipinski definition) is 2. The smallest absolute Gasteiger partial charge is 0.159 e. The van der Waals surface area contributed by atoms with Crippen LogP contribution < -0.4 is 15.5 Å². The van der Waals surface area contributed by atoms with Crippen LogP contribution in [0, 0.1) is 0 Å². The lowest BCUT2D eigenvalue weighted by Gasteiger charge is -2.34. The molecule has 6 heterocycles. The van der Waals surface area contributed by atoms with Crippen LogP contribution in [0.25, 0.3) is 34.7 Å². The molecular weight excluding hydrogens is 498 g/mol. The van der Waals surface area contributed by atoms with Gasteiger partial charge in [-0.25, -0.2) is 4.98 Å². The number of H-pyrrole nitrogens is 2. The molecule has 4 aromatic rings. The molecule has 9 nitrogen and oxygen atoms in total. The van der Waals surface area contributed by atoms with Crippen molar-refractivity contribution in [3.63, 3.8) is 0 Å². The minimum atomic E-state index is 0.591. The highest BCUT2D eigenvalue weighted by molar-refractivity contribution is 6.21. The Morgan fingerprint density at radius 2 is 1.88 bits per heavy atom. The molecule has 206 valence electrons. The van der Waals surface area contributed by atoms with E-state index < -0.39 is 0 Å². The van der Waals surface area contributed by atoms with E-state index in [4.69, 9.17) is 15.1 Å². The predicted octanol–water partition coefficient (Wildman–Crippen LogP) is 2.19. The minimum Gasteiger partial charge on any atom is -0.367 e. The molecule has 3 aliphatic heterocycles. The number of likely N-dealkylation sites (tertiary alicyclic amines) is 1. The summed E-state index contributed by atoms with van der Waals surface area (Å²) in [4.78, 5) is 25.5. The highest BCUT2D eigenvalue weighted by Crippen LogP contribution is 2.27. The quantitative estimate of drug-likeness (QED) is 0.377. The van der Waals surface area contributed by atoms with Gasteiger partial charge in [0.15, 0.2) is 5.82 Å². The van der Waals surface area contributed by atoms with E-state index in [9.17, 15) is 0 Å². The van der Waals surface area contributed by atoms with E-state index in [2.05, 4.69) is 73.2 Å². The second-order valence-corrected chi connectivity index (χ2v) is 11.3. The molecule has 1 aromatic carbocycles. The summed E-state index contributed by atoms with van der Waals surface area (Å²) in [6.07, 6.45) is 13.0. The van der Waals surface area contributed by atoms with Crippen LogP contribution in [0.3, 0.4) is 0 Å². The Bertz CT molecular complexity index is 1650. The number of benzene rings is 1.